The van der Waals surface area contributed by atoms with E-state index in [4.69, 9.17) is 0 Å². The number of benzene rings is 1. The van der Waals surface area contributed by atoms with Gasteiger partial charge < -0.3 is 5.32 Å². The predicted octanol–water partition coefficient (Wildman–Crippen LogP) is 5.05. The summed E-state index contributed by atoms with van der Waals surface area (Å²) in [6.07, 6.45) is 1.21. The molecule has 1 N–H and O–H groups in total. The molecule has 0 aromatic heterocycles. The van der Waals surface area contributed by atoms with Crippen LogP contribution in [0.5, 0.6) is 0 Å². The van der Waals surface area contributed by atoms with E-state index < -0.39 is 0 Å². The van der Waals surface area contributed by atoms with Crippen LogP contribution in [0.25, 0.3) is 0 Å². The van der Waals surface area contributed by atoms with E-state index in [9.17, 15) is 0 Å². The van der Waals surface area contributed by atoms with Crippen LogP contribution in [0.3, 0.4) is 0 Å². The van der Waals surface area contributed by atoms with Crippen molar-refractivity contribution in [3.8, 4) is 0 Å². The molecular weight excluding hydrogens is 439 g/mol. The quantitative estimate of drug-likeness (QED) is 0.673. The lowest BCUT2D eigenvalue weighted by Gasteiger charge is -2.36. The van der Waals surface area contributed by atoms with E-state index >= 15 is 0 Å². The fourth-order valence-corrected chi connectivity index (χ4v) is 4.03. The summed E-state index contributed by atoms with van der Waals surface area (Å²) in [5.41, 5.74) is 1.41. The molecule has 0 bridgehead atoms. The van der Waals surface area contributed by atoms with Gasteiger partial charge in [-0.15, -0.1) is 24.8 Å². The molecule has 2 nitrogen and oxygen atoms in total. The first kappa shape index (κ1) is 21.7. The lowest BCUT2D eigenvalue weighted by atomic mass is 9.95. The highest BCUT2D eigenvalue weighted by atomic mass is 79.9. The first-order valence-electron chi connectivity index (χ1n) is 6.97. The van der Waals surface area contributed by atoms with Crippen molar-refractivity contribution >= 4 is 56.7 Å². The van der Waals surface area contributed by atoms with Gasteiger partial charge >= 0.3 is 0 Å². The van der Waals surface area contributed by atoms with Crippen molar-refractivity contribution in [2.75, 3.05) is 26.2 Å². The lowest BCUT2D eigenvalue weighted by molar-refractivity contribution is 0.154. The van der Waals surface area contributed by atoms with Crippen LogP contribution in [0, 0.1) is 5.92 Å². The summed E-state index contributed by atoms with van der Waals surface area (Å²) in [6.45, 7) is 9.10. The van der Waals surface area contributed by atoms with Crippen molar-refractivity contribution in [3.63, 3.8) is 0 Å². The molecule has 6 heteroatoms. The third-order valence-corrected chi connectivity index (χ3v) is 4.47. The largest absolute Gasteiger partial charge is 0.314 e. The summed E-state index contributed by atoms with van der Waals surface area (Å²) in [5, 5.41) is 3.44. The maximum absolute atomic E-state index is 3.61. The van der Waals surface area contributed by atoms with E-state index in [0.29, 0.717) is 12.0 Å². The molecule has 1 aromatic carbocycles. The number of hydrogen-bond donors (Lipinski definition) is 1. The third kappa shape index (κ3) is 6.76. The van der Waals surface area contributed by atoms with E-state index in [2.05, 4.69) is 74.1 Å². The van der Waals surface area contributed by atoms with Crippen LogP contribution >= 0.6 is 56.7 Å². The first-order chi connectivity index (χ1) is 9.06. The SMILES string of the molecule is CC(C)C[C@H](c1cc(Br)cc(Br)c1)N1CCNCC1.Cl.Cl. The highest BCUT2D eigenvalue weighted by molar-refractivity contribution is 9.11. The number of rotatable bonds is 4. The monoisotopic (exact) mass is 460 g/mol. The summed E-state index contributed by atoms with van der Waals surface area (Å²) in [7, 11) is 0. The van der Waals surface area contributed by atoms with Crippen molar-refractivity contribution in [2.24, 2.45) is 5.92 Å². The van der Waals surface area contributed by atoms with Crippen LogP contribution in [-0.2, 0) is 0 Å². The molecule has 0 aliphatic carbocycles. The van der Waals surface area contributed by atoms with E-state index in [1.165, 1.54) is 12.0 Å². The molecule has 0 saturated carbocycles. The maximum atomic E-state index is 3.61. The van der Waals surface area contributed by atoms with Gasteiger partial charge in [0.15, 0.2) is 0 Å². The van der Waals surface area contributed by atoms with Crippen LogP contribution in [0.4, 0.5) is 0 Å². The average Bonchev–Trinajstić information content (AvgIpc) is 2.35. The Morgan fingerprint density at radius 1 is 1.05 bits per heavy atom. The molecule has 0 radical (unpaired) electrons. The summed E-state index contributed by atoms with van der Waals surface area (Å²) in [4.78, 5) is 2.62. The number of halogens is 4. The van der Waals surface area contributed by atoms with Crippen molar-refractivity contribution in [1.29, 1.82) is 0 Å². The van der Waals surface area contributed by atoms with Crippen LogP contribution in [0.1, 0.15) is 31.9 Å². The average molecular weight is 463 g/mol. The fourth-order valence-electron chi connectivity index (χ4n) is 2.70. The summed E-state index contributed by atoms with van der Waals surface area (Å²) in [5.74, 6) is 0.706. The van der Waals surface area contributed by atoms with Gasteiger partial charge in [0.25, 0.3) is 0 Å². The molecule has 21 heavy (non-hydrogen) atoms. The molecule has 1 saturated heterocycles. The molecule has 1 aromatic rings. The van der Waals surface area contributed by atoms with Gasteiger partial charge in [-0.3, -0.25) is 4.90 Å². The molecule has 0 spiro atoms. The normalized spacial score (nSPS) is 17.0. The lowest BCUT2D eigenvalue weighted by Crippen LogP contribution is -2.45. The minimum atomic E-state index is 0. The van der Waals surface area contributed by atoms with Gasteiger partial charge in [0.2, 0.25) is 0 Å². The molecule has 0 unspecified atom stereocenters. The standard InChI is InChI=1S/C15H22Br2N2.2ClH/c1-11(2)7-15(19-5-3-18-4-6-19)12-8-13(16)10-14(17)9-12;;/h8-11,15,18H,3-7H2,1-2H3;2*1H/t15-;;/m1../s1. The Hall–Kier alpha value is 0.680. The van der Waals surface area contributed by atoms with Crippen LogP contribution in [-0.4, -0.2) is 31.1 Å². The third-order valence-electron chi connectivity index (χ3n) is 3.56. The molecule has 0 amide bonds. The molecule has 1 aliphatic heterocycles. The van der Waals surface area contributed by atoms with Crippen molar-refractivity contribution < 1.29 is 0 Å². The first-order valence-corrected chi connectivity index (χ1v) is 8.55. The molecule has 1 heterocycles. The van der Waals surface area contributed by atoms with Gasteiger partial charge in [-0.2, -0.15) is 0 Å². The van der Waals surface area contributed by atoms with Crippen molar-refractivity contribution in [3.05, 3.63) is 32.7 Å². The zero-order chi connectivity index (χ0) is 13.8. The van der Waals surface area contributed by atoms with E-state index in [-0.39, 0.29) is 24.8 Å². The summed E-state index contributed by atoms with van der Waals surface area (Å²) >= 11 is 7.22. The minimum absolute atomic E-state index is 0. The fraction of sp³-hybridized carbons (Fsp3) is 0.600. The van der Waals surface area contributed by atoms with Crippen LogP contribution < -0.4 is 5.32 Å². The van der Waals surface area contributed by atoms with Gasteiger partial charge in [-0.1, -0.05) is 45.7 Å². The Labute approximate surface area is 157 Å². The van der Waals surface area contributed by atoms with Crippen molar-refractivity contribution in [2.45, 2.75) is 26.3 Å². The topological polar surface area (TPSA) is 15.3 Å². The smallest absolute Gasteiger partial charge is 0.0352 e. The minimum Gasteiger partial charge on any atom is -0.314 e. The predicted molar refractivity (Wildman–Crippen MR) is 103 cm³/mol. The molecular formula is C15H24Br2Cl2N2. The zero-order valence-electron chi connectivity index (χ0n) is 12.4. The van der Waals surface area contributed by atoms with E-state index in [1.54, 1.807) is 0 Å². The Balaban J connectivity index is 0.00000200. The van der Waals surface area contributed by atoms with Crippen LogP contribution in [0.2, 0.25) is 0 Å². The molecule has 1 atom stereocenters. The Morgan fingerprint density at radius 3 is 2.05 bits per heavy atom. The number of hydrogen-bond acceptors (Lipinski definition) is 2. The Bertz CT molecular complexity index is 404. The molecule has 1 fully saturated rings. The van der Waals surface area contributed by atoms with Gasteiger partial charge in [0.05, 0.1) is 0 Å². The van der Waals surface area contributed by atoms with E-state index in [1.807, 2.05) is 0 Å². The number of nitrogens with zero attached hydrogens (tertiary/aromatic N) is 1. The van der Waals surface area contributed by atoms with Crippen molar-refractivity contribution in [1.82, 2.24) is 10.2 Å². The van der Waals surface area contributed by atoms with Crippen LogP contribution in [0.15, 0.2) is 27.1 Å². The maximum Gasteiger partial charge on any atom is 0.0352 e. The number of piperazine rings is 1. The summed E-state index contributed by atoms with van der Waals surface area (Å²) in [6, 6.07) is 7.16. The van der Waals surface area contributed by atoms with Gasteiger partial charge in [0, 0.05) is 41.2 Å². The van der Waals surface area contributed by atoms with E-state index in [0.717, 1.165) is 35.1 Å². The zero-order valence-corrected chi connectivity index (χ0v) is 17.2. The molecule has 122 valence electrons. The highest BCUT2D eigenvalue weighted by Crippen LogP contribution is 2.32. The molecule has 2 rings (SSSR count). The second kappa shape index (κ2) is 10.5. The highest BCUT2D eigenvalue weighted by Gasteiger charge is 2.23. The van der Waals surface area contributed by atoms with Gasteiger partial charge in [0.1, 0.15) is 0 Å². The summed E-state index contributed by atoms with van der Waals surface area (Å²) < 4.78 is 2.31. The Morgan fingerprint density at radius 2 is 1.57 bits per heavy atom. The molecule has 1 aliphatic rings. The van der Waals surface area contributed by atoms with Gasteiger partial charge in [-0.25, -0.2) is 0 Å². The second-order valence-electron chi connectivity index (χ2n) is 5.63. The second-order valence-corrected chi connectivity index (χ2v) is 7.47. The van der Waals surface area contributed by atoms with Gasteiger partial charge in [-0.05, 0) is 36.1 Å². The number of nitrogens with one attached hydrogen (secondary N) is 1. The Kier molecular flexibility index (Phi) is 10.8.